The van der Waals surface area contributed by atoms with Gasteiger partial charge in [-0.2, -0.15) is 0 Å². The molecule has 0 saturated carbocycles. The smallest absolute Gasteiger partial charge is 0.249 e. The van der Waals surface area contributed by atoms with Crippen molar-refractivity contribution in [3.8, 4) is 0 Å². The lowest BCUT2D eigenvalue weighted by atomic mass is 9.90. The van der Waals surface area contributed by atoms with Crippen molar-refractivity contribution < 1.29 is 14.0 Å². The number of rotatable bonds is 3. The van der Waals surface area contributed by atoms with E-state index in [0.717, 1.165) is 17.1 Å². The highest BCUT2D eigenvalue weighted by atomic mass is 16.3. The lowest BCUT2D eigenvalue weighted by molar-refractivity contribution is -0.156. The number of hydrogen-bond donors (Lipinski definition) is 1. The summed E-state index contributed by atoms with van der Waals surface area (Å²) in [6.45, 7) is 11.2. The van der Waals surface area contributed by atoms with Crippen molar-refractivity contribution in [2.24, 2.45) is 0 Å². The number of piperazine rings is 1. The van der Waals surface area contributed by atoms with Gasteiger partial charge in [-0.05, 0) is 47.1 Å². The SMILES string of the molecule is CCC1(C)NC(=O)C(C)N(C(C)c2cc(C)oc2C)C1=O. The first kappa shape index (κ1) is 15.6. The molecule has 3 unspecified atom stereocenters. The van der Waals surface area contributed by atoms with Crippen molar-refractivity contribution in [3.63, 3.8) is 0 Å². The molecule has 5 nitrogen and oxygen atoms in total. The Hall–Kier alpha value is -1.78. The molecular weight excluding hydrogens is 268 g/mol. The first-order chi connectivity index (χ1) is 9.71. The highest BCUT2D eigenvalue weighted by Crippen LogP contribution is 2.32. The van der Waals surface area contributed by atoms with Crippen LogP contribution in [-0.4, -0.2) is 28.3 Å². The quantitative estimate of drug-likeness (QED) is 0.931. The van der Waals surface area contributed by atoms with Crippen LogP contribution in [0.25, 0.3) is 0 Å². The number of nitrogens with one attached hydrogen (secondary N) is 1. The van der Waals surface area contributed by atoms with Crippen LogP contribution in [0.3, 0.4) is 0 Å². The molecule has 0 aliphatic carbocycles. The summed E-state index contributed by atoms with van der Waals surface area (Å²) in [6, 6.07) is 1.26. The Labute approximate surface area is 125 Å². The Morgan fingerprint density at radius 1 is 1.43 bits per heavy atom. The summed E-state index contributed by atoms with van der Waals surface area (Å²) >= 11 is 0. The van der Waals surface area contributed by atoms with Crippen LogP contribution >= 0.6 is 0 Å². The Bertz CT molecular complexity index is 578. The standard InChI is InChI=1S/C16H24N2O3/c1-7-16(6)15(20)18(11(4)14(19)17-16)10(3)13-8-9(2)21-12(13)5/h8,10-11H,7H2,1-6H3,(H,17,19). The molecule has 1 aromatic heterocycles. The van der Waals surface area contributed by atoms with Gasteiger partial charge in [0.15, 0.2) is 0 Å². The fourth-order valence-electron chi connectivity index (χ4n) is 2.98. The van der Waals surface area contributed by atoms with Crippen LogP contribution in [0.5, 0.6) is 0 Å². The summed E-state index contributed by atoms with van der Waals surface area (Å²) in [5.41, 5.74) is 0.130. The van der Waals surface area contributed by atoms with Crippen LogP contribution in [0.2, 0.25) is 0 Å². The summed E-state index contributed by atoms with van der Waals surface area (Å²) in [5.74, 6) is 1.46. The number of aryl methyl sites for hydroxylation is 2. The topological polar surface area (TPSA) is 62.6 Å². The summed E-state index contributed by atoms with van der Waals surface area (Å²) in [6.07, 6.45) is 0.566. The third-order valence-corrected chi connectivity index (χ3v) is 4.56. The van der Waals surface area contributed by atoms with Crippen LogP contribution in [0, 0.1) is 13.8 Å². The second kappa shape index (κ2) is 5.20. The third kappa shape index (κ3) is 2.45. The van der Waals surface area contributed by atoms with E-state index in [2.05, 4.69) is 5.32 Å². The third-order valence-electron chi connectivity index (χ3n) is 4.56. The van der Waals surface area contributed by atoms with Crippen LogP contribution in [0.15, 0.2) is 10.5 Å². The molecule has 0 spiro atoms. The van der Waals surface area contributed by atoms with Gasteiger partial charge in [0.2, 0.25) is 11.8 Å². The van der Waals surface area contributed by atoms with E-state index in [1.54, 1.807) is 18.7 Å². The molecule has 1 aliphatic rings. The number of amides is 2. The lowest BCUT2D eigenvalue weighted by Gasteiger charge is -2.45. The Kier molecular flexibility index (Phi) is 3.87. The molecule has 21 heavy (non-hydrogen) atoms. The van der Waals surface area contributed by atoms with Gasteiger partial charge in [-0.15, -0.1) is 0 Å². The van der Waals surface area contributed by atoms with Gasteiger partial charge in [0.05, 0.1) is 6.04 Å². The maximum Gasteiger partial charge on any atom is 0.249 e. The molecule has 1 fully saturated rings. The predicted octanol–water partition coefficient (Wildman–Crippen LogP) is 2.47. The van der Waals surface area contributed by atoms with Gasteiger partial charge in [-0.1, -0.05) is 6.92 Å². The van der Waals surface area contributed by atoms with Gasteiger partial charge in [0.25, 0.3) is 0 Å². The normalized spacial score (nSPS) is 27.7. The number of nitrogens with zero attached hydrogens (tertiary/aromatic N) is 1. The minimum atomic E-state index is -0.829. The van der Waals surface area contributed by atoms with E-state index in [4.69, 9.17) is 4.42 Å². The monoisotopic (exact) mass is 292 g/mol. The zero-order valence-electron chi connectivity index (χ0n) is 13.6. The molecule has 3 atom stereocenters. The molecule has 5 heteroatoms. The second-order valence-corrected chi connectivity index (χ2v) is 6.11. The van der Waals surface area contributed by atoms with Crippen LogP contribution in [0.1, 0.15) is 57.2 Å². The zero-order valence-corrected chi connectivity index (χ0v) is 13.6. The van der Waals surface area contributed by atoms with Crippen molar-refractivity contribution in [1.29, 1.82) is 0 Å². The van der Waals surface area contributed by atoms with E-state index >= 15 is 0 Å². The molecule has 2 rings (SSSR count). The molecule has 0 bridgehead atoms. The van der Waals surface area contributed by atoms with Crippen molar-refractivity contribution in [3.05, 3.63) is 23.2 Å². The fraction of sp³-hybridized carbons (Fsp3) is 0.625. The molecule has 116 valence electrons. The molecule has 2 heterocycles. The predicted molar refractivity (Wildman–Crippen MR) is 79.7 cm³/mol. The van der Waals surface area contributed by atoms with Gasteiger partial charge < -0.3 is 14.6 Å². The lowest BCUT2D eigenvalue weighted by Crippen LogP contribution is -2.68. The average molecular weight is 292 g/mol. The van der Waals surface area contributed by atoms with E-state index in [0.29, 0.717) is 6.42 Å². The summed E-state index contributed by atoms with van der Waals surface area (Å²) in [7, 11) is 0. The van der Waals surface area contributed by atoms with Crippen molar-refractivity contribution in [1.82, 2.24) is 10.2 Å². The van der Waals surface area contributed by atoms with Gasteiger partial charge in [-0.25, -0.2) is 0 Å². The minimum Gasteiger partial charge on any atom is -0.466 e. The average Bonchev–Trinajstić information content (AvgIpc) is 2.75. The van der Waals surface area contributed by atoms with Crippen molar-refractivity contribution in [2.75, 3.05) is 0 Å². The van der Waals surface area contributed by atoms with E-state index < -0.39 is 11.6 Å². The highest BCUT2D eigenvalue weighted by Gasteiger charge is 2.47. The highest BCUT2D eigenvalue weighted by molar-refractivity contribution is 5.99. The fourth-order valence-corrected chi connectivity index (χ4v) is 2.98. The van der Waals surface area contributed by atoms with Gasteiger partial charge >= 0.3 is 0 Å². The van der Waals surface area contributed by atoms with Gasteiger partial charge in [-0.3, -0.25) is 9.59 Å². The van der Waals surface area contributed by atoms with Crippen molar-refractivity contribution >= 4 is 11.8 Å². The molecule has 1 aliphatic heterocycles. The first-order valence-corrected chi connectivity index (χ1v) is 7.43. The Morgan fingerprint density at radius 2 is 2.05 bits per heavy atom. The van der Waals surface area contributed by atoms with E-state index in [-0.39, 0.29) is 17.9 Å². The number of carbonyl (C=O) groups is 2. The Balaban J connectivity index is 2.41. The zero-order chi connectivity index (χ0) is 15.9. The molecule has 1 aromatic rings. The maximum atomic E-state index is 12.8. The van der Waals surface area contributed by atoms with E-state index in [9.17, 15) is 9.59 Å². The summed E-state index contributed by atoms with van der Waals surface area (Å²) in [4.78, 5) is 26.7. The molecule has 0 radical (unpaired) electrons. The molecule has 0 aromatic carbocycles. The molecule has 1 N–H and O–H groups in total. The number of furan rings is 1. The molecular formula is C16H24N2O3. The van der Waals surface area contributed by atoms with E-state index in [1.165, 1.54) is 0 Å². The van der Waals surface area contributed by atoms with Crippen molar-refractivity contribution in [2.45, 2.75) is 65.6 Å². The molecule has 1 saturated heterocycles. The summed E-state index contributed by atoms with van der Waals surface area (Å²) < 4.78 is 5.56. The first-order valence-electron chi connectivity index (χ1n) is 7.43. The number of carbonyl (C=O) groups excluding carboxylic acids is 2. The van der Waals surface area contributed by atoms with Crippen LogP contribution in [0.4, 0.5) is 0 Å². The maximum absolute atomic E-state index is 12.8. The second-order valence-electron chi connectivity index (χ2n) is 6.11. The largest absolute Gasteiger partial charge is 0.466 e. The Morgan fingerprint density at radius 3 is 2.52 bits per heavy atom. The molecule has 2 amide bonds. The van der Waals surface area contributed by atoms with Gasteiger partial charge in [0, 0.05) is 5.56 Å². The van der Waals surface area contributed by atoms with Crippen LogP contribution < -0.4 is 5.32 Å². The van der Waals surface area contributed by atoms with Crippen LogP contribution in [-0.2, 0) is 9.59 Å². The van der Waals surface area contributed by atoms with Gasteiger partial charge in [0.1, 0.15) is 23.1 Å². The minimum absolute atomic E-state index is 0.0390. The summed E-state index contributed by atoms with van der Waals surface area (Å²) in [5, 5.41) is 2.84. The van der Waals surface area contributed by atoms with E-state index in [1.807, 2.05) is 33.8 Å². The number of hydrogen-bond acceptors (Lipinski definition) is 3.